The van der Waals surface area contributed by atoms with Crippen molar-refractivity contribution in [3.63, 3.8) is 0 Å². The minimum atomic E-state index is 0.0930. The Kier molecular flexibility index (Phi) is 4.91. The van der Waals surface area contributed by atoms with E-state index in [0.717, 1.165) is 18.5 Å². The summed E-state index contributed by atoms with van der Waals surface area (Å²) in [5.74, 6) is 0.753. The molecule has 0 bridgehead atoms. The molecule has 2 rings (SSSR count). The van der Waals surface area contributed by atoms with Gasteiger partial charge in [-0.3, -0.25) is 0 Å². The van der Waals surface area contributed by atoms with E-state index in [4.69, 9.17) is 5.73 Å². The van der Waals surface area contributed by atoms with E-state index in [1.54, 1.807) is 0 Å². The third kappa shape index (κ3) is 3.96. The van der Waals surface area contributed by atoms with E-state index in [1.807, 2.05) is 6.92 Å². The predicted octanol–water partition coefficient (Wildman–Crippen LogP) is 4.48. The van der Waals surface area contributed by atoms with Crippen LogP contribution in [0.1, 0.15) is 51.6 Å². The van der Waals surface area contributed by atoms with Crippen LogP contribution < -0.4 is 10.6 Å². The lowest BCUT2D eigenvalue weighted by Gasteiger charge is -2.27. The molecule has 0 aliphatic heterocycles. The molecule has 1 saturated carbocycles. The first-order valence-corrected chi connectivity index (χ1v) is 8.10. The highest BCUT2D eigenvalue weighted by Crippen LogP contribution is 2.37. The molecule has 1 atom stereocenters. The molecule has 0 spiro atoms. The third-order valence-electron chi connectivity index (χ3n) is 3.74. The van der Waals surface area contributed by atoms with Crippen LogP contribution in [0, 0.1) is 5.92 Å². The Hall–Kier alpha value is -0.540. The number of nitrogens with two attached hydrogens (primary N) is 1. The number of hydrogen-bond acceptors (Lipinski definition) is 2. The number of benzene rings is 1. The maximum absolute atomic E-state index is 5.94. The lowest BCUT2D eigenvalue weighted by Crippen LogP contribution is -2.28. The van der Waals surface area contributed by atoms with Crippen LogP contribution in [-0.2, 0) is 0 Å². The Morgan fingerprint density at radius 2 is 2.00 bits per heavy atom. The number of anilines is 1. The second-order valence-corrected chi connectivity index (χ2v) is 6.96. The fourth-order valence-electron chi connectivity index (χ4n) is 2.32. The zero-order valence-corrected chi connectivity index (χ0v) is 13.8. The molecule has 2 nitrogen and oxygen atoms in total. The van der Waals surface area contributed by atoms with E-state index in [9.17, 15) is 0 Å². The molecule has 1 aliphatic rings. The minimum absolute atomic E-state index is 0.0930. The van der Waals surface area contributed by atoms with Crippen molar-refractivity contribution < 1.29 is 0 Å². The lowest BCUT2D eigenvalue weighted by atomic mass is 10.1. The molecular weight excluding hydrogens is 300 g/mol. The first-order chi connectivity index (χ1) is 8.99. The van der Waals surface area contributed by atoms with Gasteiger partial charge in [0.1, 0.15) is 0 Å². The molecule has 1 aromatic rings. The van der Waals surface area contributed by atoms with Gasteiger partial charge in [0.05, 0.1) is 5.69 Å². The van der Waals surface area contributed by atoms with Gasteiger partial charge in [0.25, 0.3) is 0 Å². The maximum atomic E-state index is 5.94. The van der Waals surface area contributed by atoms with Gasteiger partial charge in [-0.1, -0.05) is 19.9 Å². The highest BCUT2D eigenvalue weighted by Gasteiger charge is 2.30. The largest absolute Gasteiger partial charge is 0.368 e. The molecule has 0 saturated heterocycles. The summed E-state index contributed by atoms with van der Waals surface area (Å²) in [7, 11) is 0. The van der Waals surface area contributed by atoms with Crippen molar-refractivity contribution in [2.24, 2.45) is 11.7 Å². The first kappa shape index (κ1) is 14.9. The van der Waals surface area contributed by atoms with Crippen LogP contribution in [0.4, 0.5) is 5.69 Å². The highest BCUT2D eigenvalue weighted by atomic mass is 79.9. The summed E-state index contributed by atoms with van der Waals surface area (Å²) >= 11 is 3.72. The van der Waals surface area contributed by atoms with Crippen LogP contribution in [-0.4, -0.2) is 12.6 Å². The summed E-state index contributed by atoms with van der Waals surface area (Å²) < 4.78 is 1.18. The van der Waals surface area contributed by atoms with Gasteiger partial charge in [0.2, 0.25) is 0 Å². The van der Waals surface area contributed by atoms with Crippen LogP contribution in [0.5, 0.6) is 0 Å². The fraction of sp³-hybridized carbons (Fsp3) is 0.625. The van der Waals surface area contributed by atoms with Gasteiger partial charge >= 0.3 is 0 Å². The number of rotatable bonds is 6. The summed E-state index contributed by atoms with van der Waals surface area (Å²) in [5, 5.41) is 0. The average molecular weight is 325 g/mol. The van der Waals surface area contributed by atoms with Gasteiger partial charge in [0.15, 0.2) is 0 Å². The van der Waals surface area contributed by atoms with Crippen LogP contribution in [0.3, 0.4) is 0 Å². The zero-order chi connectivity index (χ0) is 14.0. The SMILES string of the molecule is CC(C)CCN(c1ccc([C@@H](C)N)cc1Br)C1CC1. The molecule has 106 valence electrons. The standard InChI is InChI=1S/C16H25BrN2/c1-11(2)8-9-19(14-5-6-14)16-7-4-13(12(3)18)10-15(16)17/h4,7,10-12,14H,5-6,8-9,18H2,1-3H3/t12-/m1/s1. The number of hydrogen-bond donors (Lipinski definition) is 1. The lowest BCUT2D eigenvalue weighted by molar-refractivity contribution is 0.570. The number of halogens is 1. The van der Waals surface area contributed by atoms with E-state index in [-0.39, 0.29) is 6.04 Å². The Labute approximate surface area is 125 Å². The topological polar surface area (TPSA) is 29.3 Å². The molecule has 1 fully saturated rings. The second kappa shape index (κ2) is 6.27. The Bertz CT molecular complexity index is 425. The molecule has 0 aromatic heterocycles. The van der Waals surface area contributed by atoms with Gasteiger partial charge < -0.3 is 10.6 Å². The summed E-state index contributed by atoms with van der Waals surface area (Å²) in [6.07, 6.45) is 3.91. The Morgan fingerprint density at radius 1 is 1.32 bits per heavy atom. The quantitative estimate of drug-likeness (QED) is 0.835. The predicted molar refractivity (Wildman–Crippen MR) is 86.6 cm³/mol. The van der Waals surface area contributed by atoms with Crippen LogP contribution >= 0.6 is 15.9 Å². The van der Waals surface area contributed by atoms with E-state index in [1.165, 1.54) is 35.0 Å². The molecular formula is C16H25BrN2. The second-order valence-electron chi connectivity index (χ2n) is 6.11. The Balaban J connectivity index is 2.17. The van der Waals surface area contributed by atoms with Gasteiger partial charge in [0, 0.05) is 23.1 Å². The van der Waals surface area contributed by atoms with Crippen molar-refractivity contribution in [3.05, 3.63) is 28.2 Å². The monoisotopic (exact) mass is 324 g/mol. The highest BCUT2D eigenvalue weighted by molar-refractivity contribution is 9.10. The van der Waals surface area contributed by atoms with Gasteiger partial charge in [-0.25, -0.2) is 0 Å². The normalized spacial score (nSPS) is 16.7. The van der Waals surface area contributed by atoms with Gasteiger partial charge in [-0.2, -0.15) is 0 Å². The van der Waals surface area contributed by atoms with Crippen molar-refractivity contribution >= 4 is 21.6 Å². The molecule has 0 unspecified atom stereocenters. The first-order valence-electron chi connectivity index (χ1n) is 7.30. The zero-order valence-electron chi connectivity index (χ0n) is 12.2. The molecule has 3 heteroatoms. The molecule has 1 aliphatic carbocycles. The van der Waals surface area contributed by atoms with Crippen LogP contribution in [0.2, 0.25) is 0 Å². The van der Waals surface area contributed by atoms with Crippen molar-refractivity contribution in [2.75, 3.05) is 11.4 Å². The molecule has 0 amide bonds. The van der Waals surface area contributed by atoms with E-state index < -0.39 is 0 Å². The summed E-state index contributed by atoms with van der Waals surface area (Å²) in [4.78, 5) is 2.56. The fourth-order valence-corrected chi connectivity index (χ4v) is 2.95. The molecule has 0 radical (unpaired) electrons. The van der Waals surface area contributed by atoms with Gasteiger partial charge in [-0.15, -0.1) is 0 Å². The smallest absolute Gasteiger partial charge is 0.0513 e. The average Bonchev–Trinajstić information content (AvgIpc) is 3.14. The molecule has 1 aromatic carbocycles. The van der Waals surface area contributed by atoms with Crippen molar-refractivity contribution in [2.45, 2.75) is 52.1 Å². The van der Waals surface area contributed by atoms with Gasteiger partial charge in [-0.05, 0) is 65.7 Å². The van der Waals surface area contributed by atoms with E-state index in [0.29, 0.717) is 0 Å². The molecule has 0 heterocycles. The van der Waals surface area contributed by atoms with Crippen LogP contribution in [0.25, 0.3) is 0 Å². The minimum Gasteiger partial charge on any atom is -0.368 e. The summed E-state index contributed by atoms with van der Waals surface area (Å²) in [6, 6.07) is 7.40. The van der Waals surface area contributed by atoms with Crippen molar-refractivity contribution in [1.82, 2.24) is 0 Å². The molecule has 2 N–H and O–H groups in total. The summed E-state index contributed by atoms with van der Waals surface area (Å²) in [6.45, 7) is 7.76. The van der Waals surface area contributed by atoms with E-state index in [2.05, 4.69) is 52.9 Å². The molecule has 19 heavy (non-hydrogen) atoms. The third-order valence-corrected chi connectivity index (χ3v) is 4.38. The maximum Gasteiger partial charge on any atom is 0.0513 e. The number of nitrogens with zero attached hydrogens (tertiary/aromatic N) is 1. The van der Waals surface area contributed by atoms with Crippen LogP contribution in [0.15, 0.2) is 22.7 Å². The summed E-state index contributed by atoms with van der Waals surface area (Å²) in [5.41, 5.74) is 8.46. The van der Waals surface area contributed by atoms with E-state index >= 15 is 0 Å². The Morgan fingerprint density at radius 3 is 2.47 bits per heavy atom. The van der Waals surface area contributed by atoms with Crippen molar-refractivity contribution in [3.8, 4) is 0 Å². The van der Waals surface area contributed by atoms with Crippen molar-refractivity contribution in [1.29, 1.82) is 0 Å².